The highest BCUT2D eigenvalue weighted by atomic mass is 35.5. The summed E-state index contributed by atoms with van der Waals surface area (Å²) in [6, 6.07) is 0. The second-order valence-electron chi connectivity index (χ2n) is 3.12. The molecule has 0 N–H and O–H groups in total. The fourth-order valence-electron chi connectivity index (χ4n) is 0.918. The summed E-state index contributed by atoms with van der Waals surface area (Å²) < 4.78 is 9.61. The van der Waals surface area contributed by atoms with Crippen LogP contribution in [0, 0.1) is 5.92 Å². The maximum Gasteiger partial charge on any atom is 0.302 e. The Morgan fingerprint density at radius 3 is 1.80 bits per heavy atom. The SMILES string of the molecule is CC(=O)OCC(C=C(C)Cl)COC(C)=O. The Kier molecular flexibility index (Phi) is 6.79. The van der Waals surface area contributed by atoms with Crippen LogP contribution in [0.4, 0.5) is 0 Å². The summed E-state index contributed by atoms with van der Waals surface area (Å²) >= 11 is 5.68. The second kappa shape index (κ2) is 7.29. The number of ether oxygens (including phenoxy) is 2. The maximum atomic E-state index is 10.6. The van der Waals surface area contributed by atoms with Crippen molar-refractivity contribution >= 4 is 23.5 Å². The molecule has 0 unspecified atom stereocenters. The summed E-state index contributed by atoms with van der Waals surface area (Å²) in [7, 11) is 0. The molecule has 0 aromatic carbocycles. The Morgan fingerprint density at radius 2 is 1.53 bits per heavy atom. The van der Waals surface area contributed by atoms with E-state index in [9.17, 15) is 9.59 Å². The molecule has 0 spiro atoms. The molecule has 0 radical (unpaired) electrons. The zero-order chi connectivity index (χ0) is 11.8. The molecule has 0 bridgehead atoms. The molecule has 0 saturated carbocycles. The van der Waals surface area contributed by atoms with Gasteiger partial charge in [0.1, 0.15) is 13.2 Å². The van der Waals surface area contributed by atoms with Crippen LogP contribution in [0.1, 0.15) is 20.8 Å². The number of halogens is 1. The van der Waals surface area contributed by atoms with Crippen LogP contribution in [-0.2, 0) is 19.1 Å². The molecule has 0 rings (SSSR count). The summed E-state index contributed by atoms with van der Waals surface area (Å²) in [6.45, 7) is 4.66. The van der Waals surface area contributed by atoms with E-state index in [1.165, 1.54) is 13.8 Å². The van der Waals surface area contributed by atoms with Crippen LogP contribution in [0.5, 0.6) is 0 Å². The van der Waals surface area contributed by atoms with Crippen LogP contribution in [0.3, 0.4) is 0 Å². The lowest BCUT2D eigenvalue weighted by atomic mass is 10.1. The molecule has 0 fully saturated rings. The lowest BCUT2D eigenvalue weighted by Gasteiger charge is -2.12. The minimum Gasteiger partial charge on any atom is -0.465 e. The molecule has 0 aliphatic carbocycles. The number of carbonyl (C=O) groups excluding carboxylic acids is 2. The van der Waals surface area contributed by atoms with Crippen molar-refractivity contribution in [2.24, 2.45) is 5.92 Å². The first kappa shape index (κ1) is 14.0. The van der Waals surface area contributed by atoms with E-state index in [1.807, 2.05) is 0 Å². The molecule has 0 aliphatic rings. The summed E-state index contributed by atoms with van der Waals surface area (Å²) in [5, 5.41) is 0.569. The molecule has 15 heavy (non-hydrogen) atoms. The van der Waals surface area contributed by atoms with Crippen LogP contribution in [-0.4, -0.2) is 25.2 Å². The van der Waals surface area contributed by atoms with E-state index in [-0.39, 0.29) is 31.1 Å². The third-order valence-corrected chi connectivity index (χ3v) is 1.59. The predicted octanol–water partition coefficient (Wildman–Crippen LogP) is 1.87. The molecule has 0 heterocycles. The standard InChI is InChI=1S/C10H15ClO4/c1-7(11)4-10(5-14-8(2)12)6-15-9(3)13/h4,10H,5-6H2,1-3H3. The quantitative estimate of drug-likeness (QED) is 0.682. The minimum atomic E-state index is -0.372. The third kappa shape index (κ3) is 9.28. The highest BCUT2D eigenvalue weighted by Gasteiger charge is 2.10. The number of hydrogen-bond acceptors (Lipinski definition) is 4. The largest absolute Gasteiger partial charge is 0.465 e. The van der Waals surface area contributed by atoms with Gasteiger partial charge in [0.25, 0.3) is 0 Å². The van der Waals surface area contributed by atoms with Crippen LogP contribution >= 0.6 is 11.6 Å². The van der Waals surface area contributed by atoms with Gasteiger partial charge in [0.05, 0.1) is 0 Å². The van der Waals surface area contributed by atoms with Crippen LogP contribution in [0.2, 0.25) is 0 Å². The van der Waals surface area contributed by atoms with E-state index in [1.54, 1.807) is 13.0 Å². The van der Waals surface area contributed by atoms with Gasteiger partial charge in [0.2, 0.25) is 0 Å². The fourth-order valence-corrected chi connectivity index (χ4v) is 1.10. The van der Waals surface area contributed by atoms with Crippen molar-refractivity contribution in [3.05, 3.63) is 11.1 Å². The molecule has 0 aromatic rings. The summed E-state index contributed by atoms with van der Waals surface area (Å²) in [5.74, 6) is -0.942. The normalized spacial score (nSPS) is 11.4. The lowest BCUT2D eigenvalue weighted by molar-refractivity contribution is -0.145. The Hall–Kier alpha value is -1.03. The van der Waals surface area contributed by atoms with Gasteiger partial charge in [-0.05, 0) is 6.92 Å². The van der Waals surface area contributed by atoms with E-state index in [2.05, 4.69) is 0 Å². The Bertz CT molecular complexity index is 238. The molecule has 86 valence electrons. The van der Waals surface area contributed by atoms with Crippen molar-refractivity contribution in [2.75, 3.05) is 13.2 Å². The highest BCUT2D eigenvalue weighted by Crippen LogP contribution is 2.08. The number of hydrogen-bond donors (Lipinski definition) is 0. The second-order valence-corrected chi connectivity index (χ2v) is 3.71. The highest BCUT2D eigenvalue weighted by molar-refractivity contribution is 6.29. The van der Waals surface area contributed by atoms with Crippen molar-refractivity contribution in [1.82, 2.24) is 0 Å². The monoisotopic (exact) mass is 234 g/mol. The zero-order valence-corrected chi connectivity index (χ0v) is 9.84. The first-order valence-corrected chi connectivity index (χ1v) is 4.90. The number of allylic oxidation sites excluding steroid dienone is 1. The fraction of sp³-hybridized carbons (Fsp3) is 0.600. The first-order valence-electron chi connectivity index (χ1n) is 4.52. The minimum absolute atomic E-state index is 0.159. The van der Waals surface area contributed by atoms with Crippen LogP contribution < -0.4 is 0 Å². The summed E-state index contributed by atoms with van der Waals surface area (Å²) in [5.41, 5.74) is 0. The van der Waals surface area contributed by atoms with Gasteiger partial charge < -0.3 is 9.47 Å². The van der Waals surface area contributed by atoms with Gasteiger partial charge in [-0.15, -0.1) is 0 Å². The van der Waals surface area contributed by atoms with Gasteiger partial charge >= 0.3 is 11.9 Å². The Morgan fingerprint density at radius 1 is 1.13 bits per heavy atom. The topological polar surface area (TPSA) is 52.6 Å². The van der Waals surface area contributed by atoms with Gasteiger partial charge in [-0.25, -0.2) is 0 Å². The van der Waals surface area contributed by atoms with E-state index in [0.717, 1.165) is 0 Å². The van der Waals surface area contributed by atoms with Gasteiger partial charge in [0.15, 0.2) is 0 Å². The van der Waals surface area contributed by atoms with Crippen molar-refractivity contribution in [3.63, 3.8) is 0 Å². The molecule has 4 nitrogen and oxygen atoms in total. The van der Waals surface area contributed by atoms with E-state index in [0.29, 0.717) is 5.03 Å². The first-order chi connectivity index (χ1) is 6.91. The van der Waals surface area contributed by atoms with E-state index < -0.39 is 0 Å². The number of esters is 2. The summed E-state index contributed by atoms with van der Waals surface area (Å²) in [4.78, 5) is 21.2. The molecule has 0 aromatic heterocycles. The van der Waals surface area contributed by atoms with Crippen LogP contribution in [0.25, 0.3) is 0 Å². The van der Waals surface area contributed by atoms with E-state index in [4.69, 9.17) is 21.1 Å². The molecule has 0 atom stereocenters. The number of rotatable bonds is 5. The van der Waals surface area contributed by atoms with Crippen molar-refractivity contribution in [2.45, 2.75) is 20.8 Å². The van der Waals surface area contributed by atoms with Crippen molar-refractivity contribution < 1.29 is 19.1 Å². The molecular weight excluding hydrogens is 220 g/mol. The smallest absolute Gasteiger partial charge is 0.302 e. The van der Waals surface area contributed by atoms with E-state index >= 15 is 0 Å². The van der Waals surface area contributed by atoms with Gasteiger partial charge in [0, 0.05) is 24.8 Å². The third-order valence-electron chi connectivity index (χ3n) is 1.47. The van der Waals surface area contributed by atoms with Gasteiger partial charge in [-0.2, -0.15) is 0 Å². The predicted molar refractivity (Wildman–Crippen MR) is 56.4 cm³/mol. The average molecular weight is 235 g/mol. The molecule has 0 aliphatic heterocycles. The van der Waals surface area contributed by atoms with Crippen LogP contribution in [0.15, 0.2) is 11.1 Å². The molecule has 0 saturated heterocycles. The van der Waals surface area contributed by atoms with Gasteiger partial charge in [-0.3, -0.25) is 9.59 Å². The maximum absolute atomic E-state index is 10.6. The van der Waals surface area contributed by atoms with Crippen molar-refractivity contribution in [3.8, 4) is 0 Å². The van der Waals surface area contributed by atoms with Crippen molar-refractivity contribution in [1.29, 1.82) is 0 Å². The summed E-state index contributed by atoms with van der Waals surface area (Å²) in [6.07, 6.45) is 1.69. The van der Waals surface area contributed by atoms with Gasteiger partial charge in [-0.1, -0.05) is 17.7 Å². The Labute approximate surface area is 94.2 Å². The molecule has 5 heteroatoms. The zero-order valence-electron chi connectivity index (χ0n) is 9.08. The molecule has 0 amide bonds. The Balaban J connectivity index is 4.12. The molecular formula is C10H15ClO4. The average Bonchev–Trinajstić information content (AvgIpc) is 2.08. The number of carbonyl (C=O) groups is 2. The lowest BCUT2D eigenvalue weighted by Crippen LogP contribution is -2.17.